The first-order valence-corrected chi connectivity index (χ1v) is 11.8. The minimum Gasteiger partial charge on any atom is -0.200 e. The Balaban J connectivity index is 4.54. The third-order valence-corrected chi connectivity index (χ3v) is 5.84. The maximum Gasteiger partial charge on any atom is 0.460 e. The molecule has 0 N–H and O–H groups in total. The zero-order chi connectivity index (χ0) is 27.6. The second kappa shape index (κ2) is 13.6. The van der Waals surface area contributed by atoms with E-state index >= 15 is 0 Å². The molecule has 0 aliphatic rings. The summed E-state index contributed by atoms with van der Waals surface area (Å²) in [6.45, 7) is 2.12. The molecule has 0 aromatic rings. The summed E-state index contributed by atoms with van der Waals surface area (Å²) in [6.07, 6.45) is 0.789. The lowest BCUT2D eigenvalue weighted by Gasteiger charge is -2.39. The summed E-state index contributed by atoms with van der Waals surface area (Å²) >= 11 is 0. The molecule has 0 bridgehead atoms. The maximum absolute atomic E-state index is 13.7. The number of rotatable bonds is 19. The van der Waals surface area contributed by atoms with Crippen molar-refractivity contribution in [1.29, 1.82) is 0 Å². The molecule has 0 rings (SSSR count). The molecule has 35 heavy (non-hydrogen) atoms. The summed E-state index contributed by atoms with van der Waals surface area (Å²) in [5.41, 5.74) is 0. The van der Waals surface area contributed by atoms with Gasteiger partial charge in [0.25, 0.3) is 0 Å². The number of hydrogen-bond donors (Lipinski definition) is 0. The Kier molecular flexibility index (Phi) is 13.2. The maximum atomic E-state index is 13.7. The lowest BCUT2D eigenvalue weighted by atomic mass is 9.91. The highest BCUT2D eigenvalue weighted by Gasteiger charge is 2.90. The molecule has 0 heterocycles. The molecule has 0 atom stereocenters. The van der Waals surface area contributed by atoms with E-state index in [0.29, 0.717) is 12.8 Å². The first-order valence-electron chi connectivity index (χ1n) is 11.8. The third kappa shape index (κ3) is 8.57. The quantitative estimate of drug-likeness (QED) is 0.112. The van der Waals surface area contributed by atoms with Crippen LogP contribution < -0.4 is 0 Å². The Labute approximate surface area is 197 Å². The van der Waals surface area contributed by atoms with Crippen LogP contribution in [0.2, 0.25) is 0 Å². The van der Waals surface area contributed by atoms with Gasteiger partial charge in [0.2, 0.25) is 0 Å². The zero-order valence-electron chi connectivity index (χ0n) is 19.5. The van der Waals surface area contributed by atoms with E-state index in [0.717, 1.165) is 38.5 Å². The van der Waals surface area contributed by atoms with Crippen molar-refractivity contribution in [2.75, 3.05) is 0 Å². The lowest BCUT2D eigenvalue weighted by molar-refractivity contribution is -0.440. The van der Waals surface area contributed by atoms with Gasteiger partial charge < -0.3 is 0 Å². The Bertz CT molecular complexity index is 582. The van der Waals surface area contributed by atoms with Crippen LogP contribution in [0.15, 0.2) is 0 Å². The molecule has 0 saturated carbocycles. The fourth-order valence-corrected chi connectivity index (χ4v) is 3.50. The van der Waals surface area contributed by atoms with Crippen LogP contribution in [0.5, 0.6) is 0 Å². The second-order valence-electron chi connectivity index (χ2n) is 8.85. The van der Waals surface area contributed by atoms with E-state index in [1.54, 1.807) is 0 Å². The zero-order valence-corrected chi connectivity index (χ0v) is 19.5. The number of unbranched alkanes of at least 4 members (excludes halogenated alkanes) is 13. The molecule has 0 nitrogen and oxygen atoms in total. The van der Waals surface area contributed by atoms with Gasteiger partial charge in [-0.15, -0.1) is 0 Å². The smallest absolute Gasteiger partial charge is 0.200 e. The predicted molar refractivity (Wildman–Crippen MR) is 106 cm³/mol. The van der Waals surface area contributed by atoms with Gasteiger partial charge in [0.05, 0.1) is 0 Å². The van der Waals surface area contributed by atoms with Crippen LogP contribution in [0.25, 0.3) is 0 Å². The van der Waals surface area contributed by atoms with Crippen molar-refractivity contribution in [3.8, 4) is 0 Å². The highest BCUT2D eigenvalue weighted by Crippen LogP contribution is 2.60. The van der Waals surface area contributed by atoms with Crippen molar-refractivity contribution in [1.82, 2.24) is 0 Å². The molecule has 13 heteroatoms. The molecular formula is C22H33F13. The van der Waals surface area contributed by atoms with Gasteiger partial charge >= 0.3 is 35.8 Å². The number of alkyl halides is 13. The molecule has 0 amide bonds. The summed E-state index contributed by atoms with van der Waals surface area (Å²) < 4.78 is 169. The van der Waals surface area contributed by atoms with Crippen LogP contribution in [0, 0.1) is 0 Å². The second-order valence-corrected chi connectivity index (χ2v) is 8.85. The minimum absolute atomic E-state index is 0.163. The van der Waals surface area contributed by atoms with Crippen LogP contribution >= 0.6 is 0 Å². The van der Waals surface area contributed by atoms with Gasteiger partial charge in [-0.1, -0.05) is 90.4 Å². The Morgan fingerprint density at radius 3 is 0.943 bits per heavy atom. The standard InChI is InChI=1S/C22H33F13/c1-2-3-4-5-6-7-8-9-10-11-12-13-14-15-16-17(23,24)18(25,26)19(27,28)20(29,30)21(31,32)22(33,34)35/h2-16H2,1H3. The fourth-order valence-electron chi connectivity index (χ4n) is 3.50. The van der Waals surface area contributed by atoms with Crippen LogP contribution in [-0.4, -0.2) is 35.8 Å². The molecule has 212 valence electrons. The van der Waals surface area contributed by atoms with E-state index in [1.165, 1.54) is 19.3 Å². The molecule has 0 aliphatic carbocycles. The molecule has 0 saturated heterocycles. The van der Waals surface area contributed by atoms with E-state index in [4.69, 9.17) is 0 Å². The van der Waals surface area contributed by atoms with Crippen molar-refractivity contribution in [2.24, 2.45) is 0 Å². The Hall–Kier alpha value is -0.910. The van der Waals surface area contributed by atoms with Crippen LogP contribution in [-0.2, 0) is 0 Å². The van der Waals surface area contributed by atoms with Gasteiger partial charge in [-0.05, 0) is 6.42 Å². The first-order chi connectivity index (χ1) is 15.8. The topological polar surface area (TPSA) is 0 Å². The van der Waals surface area contributed by atoms with Gasteiger partial charge in [-0.3, -0.25) is 0 Å². The monoisotopic (exact) mass is 544 g/mol. The van der Waals surface area contributed by atoms with E-state index < -0.39 is 48.6 Å². The van der Waals surface area contributed by atoms with Gasteiger partial charge in [0.1, 0.15) is 0 Å². The largest absolute Gasteiger partial charge is 0.460 e. The van der Waals surface area contributed by atoms with Crippen LogP contribution in [0.4, 0.5) is 57.1 Å². The molecule has 0 spiro atoms. The van der Waals surface area contributed by atoms with E-state index in [9.17, 15) is 57.1 Å². The Morgan fingerprint density at radius 2 is 0.629 bits per heavy atom. The van der Waals surface area contributed by atoms with Crippen molar-refractivity contribution in [3.63, 3.8) is 0 Å². The van der Waals surface area contributed by atoms with Crippen LogP contribution in [0.1, 0.15) is 103 Å². The molecule has 0 radical (unpaired) electrons. The molecule has 0 fully saturated rings. The highest BCUT2D eigenvalue weighted by atomic mass is 19.4. The third-order valence-electron chi connectivity index (χ3n) is 5.84. The normalized spacial score (nSPS) is 14.6. The summed E-state index contributed by atoms with van der Waals surface area (Å²) in [4.78, 5) is 0. The van der Waals surface area contributed by atoms with Gasteiger partial charge in [-0.2, -0.15) is 57.1 Å². The lowest BCUT2D eigenvalue weighted by Crippen LogP contribution is -2.70. The van der Waals surface area contributed by atoms with Crippen molar-refractivity contribution < 1.29 is 57.1 Å². The average Bonchev–Trinajstić information content (AvgIpc) is 2.72. The average molecular weight is 544 g/mol. The summed E-state index contributed by atoms with van der Waals surface area (Å²) in [6, 6.07) is 0. The predicted octanol–water partition coefficient (Wildman–Crippen LogP) is 10.6. The molecule has 0 unspecified atom stereocenters. The van der Waals surface area contributed by atoms with Gasteiger partial charge in [0.15, 0.2) is 0 Å². The van der Waals surface area contributed by atoms with E-state index in [2.05, 4.69) is 6.92 Å². The SMILES string of the molecule is CCCCCCCCCCCCCCCCC(F)(F)C(F)(F)C(F)(F)C(F)(F)C(F)(F)C(F)(F)F. The summed E-state index contributed by atoms with van der Waals surface area (Å²) in [7, 11) is 0. The van der Waals surface area contributed by atoms with Gasteiger partial charge in [0, 0.05) is 6.42 Å². The summed E-state index contributed by atoms with van der Waals surface area (Å²) in [5, 5.41) is 0. The first kappa shape index (κ1) is 34.1. The number of hydrogen-bond acceptors (Lipinski definition) is 0. The molecule has 0 aliphatic heterocycles. The summed E-state index contributed by atoms with van der Waals surface area (Å²) in [5.74, 6) is -36.3. The van der Waals surface area contributed by atoms with Gasteiger partial charge in [-0.25, -0.2) is 0 Å². The molecule has 0 aromatic heterocycles. The molecular weight excluding hydrogens is 511 g/mol. The van der Waals surface area contributed by atoms with Crippen molar-refractivity contribution >= 4 is 0 Å². The number of halogens is 13. The van der Waals surface area contributed by atoms with Crippen molar-refractivity contribution in [3.05, 3.63) is 0 Å². The Morgan fingerprint density at radius 1 is 0.343 bits per heavy atom. The fraction of sp³-hybridized carbons (Fsp3) is 1.00. The highest BCUT2D eigenvalue weighted by molar-refractivity contribution is 5.10. The minimum atomic E-state index is -7.82. The van der Waals surface area contributed by atoms with Crippen molar-refractivity contribution in [2.45, 2.75) is 139 Å². The van der Waals surface area contributed by atoms with Crippen LogP contribution in [0.3, 0.4) is 0 Å². The molecule has 0 aromatic carbocycles. The van der Waals surface area contributed by atoms with E-state index in [-0.39, 0.29) is 12.8 Å². The van der Waals surface area contributed by atoms with E-state index in [1.807, 2.05) is 0 Å².